The van der Waals surface area contributed by atoms with Gasteiger partial charge < -0.3 is 5.32 Å². The predicted molar refractivity (Wildman–Crippen MR) is 65.5 cm³/mol. The van der Waals surface area contributed by atoms with Crippen LogP contribution in [0.2, 0.25) is 0 Å². The smallest absolute Gasteiger partial charge is 0.225 e. The van der Waals surface area contributed by atoms with Crippen molar-refractivity contribution in [2.24, 2.45) is 0 Å². The number of carbonyl (C=O) groups is 1. The zero-order chi connectivity index (χ0) is 10.7. The number of rotatable bonds is 3. The molecule has 1 aromatic carbocycles. The third-order valence-corrected chi connectivity index (χ3v) is 3.14. The second-order valence-electron chi connectivity index (χ2n) is 3.78. The molecule has 1 N–H and O–H groups in total. The molecule has 0 aliphatic heterocycles. The van der Waals surface area contributed by atoms with Gasteiger partial charge in [0.15, 0.2) is 0 Å². The molecule has 0 bridgehead atoms. The molecule has 2 nitrogen and oxygen atoms in total. The summed E-state index contributed by atoms with van der Waals surface area (Å²) >= 11 is 3.26. The maximum absolute atomic E-state index is 11.5. The second kappa shape index (κ2) is 4.79. The third kappa shape index (κ3) is 2.40. The molecule has 1 aliphatic carbocycles. The molecule has 0 atom stereocenters. The van der Waals surface area contributed by atoms with Gasteiger partial charge >= 0.3 is 0 Å². The number of aryl methyl sites for hydroxylation is 1. The molecule has 15 heavy (non-hydrogen) atoms. The highest BCUT2D eigenvalue weighted by Gasteiger charge is 2.15. The number of alkyl halides is 1. The molecule has 0 heterocycles. The summed E-state index contributed by atoms with van der Waals surface area (Å²) < 4.78 is 0. The van der Waals surface area contributed by atoms with Crippen LogP contribution in [-0.2, 0) is 17.6 Å². The molecule has 1 aliphatic rings. The molecule has 0 unspecified atom stereocenters. The van der Waals surface area contributed by atoms with Crippen LogP contribution in [-0.4, -0.2) is 11.2 Å². The summed E-state index contributed by atoms with van der Waals surface area (Å²) in [6.07, 6.45) is 3.99. The zero-order valence-corrected chi connectivity index (χ0v) is 10.1. The van der Waals surface area contributed by atoms with Crippen molar-refractivity contribution >= 4 is 27.5 Å². The fourth-order valence-electron chi connectivity index (χ4n) is 2.04. The maximum atomic E-state index is 11.5. The SMILES string of the molecule is O=C(CCBr)Nc1cccc2c1CCC2. The molecule has 0 spiro atoms. The van der Waals surface area contributed by atoms with Crippen LogP contribution < -0.4 is 5.32 Å². The Morgan fingerprint density at radius 1 is 1.40 bits per heavy atom. The molecule has 3 heteroatoms. The van der Waals surface area contributed by atoms with Crippen molar-refractivity contribution in [3.8, 4) is 0 Å². The Morgan fingerprint density at radius 3 is 3.07 bits per heavy atom. The number of benzene rings is 1. The molecule has 1 aromatic rings. The Balaban J connectivity index is 2.15. The quantitative estimate of drug-likeness (QED) is 0.839. The lowest BCUT2D eigenvalue weighted by Crippen LogP contribution is -2.13. The van der Waals surface area contributed by atoms with Gasteiger partial charge in [-0.2, -0.15) is 0 Å². The number of nitrogens with one attached hydrogen (secondary N) is 1. The molecule has 0 saturated heterocycles. The van der Waals surface area contributed by atoms with Crippen molar-refractivity contribution < 1.29 is 4.79 Å². The van der Waals surface area contributed by atoms with Gasteiger partial charge in [-0.05, 0) is 36.5 Å². The zero-order valence-electron chi connectivity index (χ0n) is 8.55. The number of hydrogen-bond donors (Lipinski definition) is 1. The van der Waals surface area contributed by atoms with Crippen molar-refractivity contribution in [2.45, 2.75) is 25.7 Å². The monoisotopic (exact) mass is 267 g/mol. The summed E-state index contributed by atoms with van der Waals surface area (Å²) in [5.74, 6) is 0.0900. The van der Waals surface area contributed by atoms with E-state index in [2.05, 4.69) is 27.3 Å². The van der Waals surface area contributed by atoms with Gasteiger partial charge in [0.1, 0.15) is 0 Å². The first-order valence-electron chi connectivity index (χ1n) is 5.28. The average molecular weight is 268 g/mol. The molecule has 0 fully saturated rings. The minimum atomic E-state index is 0.0900. The summed E-state index contributed by atoms with van der Waals surface area (Å²) in [5, 5.41) is 3.69. The fraction of sp³-hybridized carbons (Fsp3) is 0.417. The number of carbonyl (C=O) groups excluding carboxylic acids is 1. The summed E-state index contributed by atoms with van der Waals surface area (Å²) in [7, 11) is 0. The van der Waals surface area contributed by atoms with Gasteiger partial charge in [0.25, 0.3) is 0 Å². The van der Waals surface area contributed by atoms with E-state index in [4.69, 9.17) is 0 Å². The van der Waals surface area contributed by atoms with E-state index in [0.717, 1.165) is 18.5 Å². The maximum Gasteiger partial charge on any atom is 0.225 e. The minimum absolute atomic E-state index is 0.0900. The van der Waals surface area contributed by atoms with Crippen molar-refractivity contribution in [3.63, 3.8) is 0 Å². The largest absolute Gasteiger partial charge is 0.326 e. The molecule has 0 saturated carbocycles. The molecule has 0 radical (unpaired) electrons. The number of hydrogen-bond acceptors (Lipinski definition) is 1. The summed E-state index contributed by atoms with van der Waals surface area (Å²) in [6.45, 7) is 0. The van der Waals surface area contributed by atoms with Crippen LogP contribution in [0.1, 0.15) is 24.0 Å². The van der Waals surface area contributed by atoms with E-state index < -0.39 is 0 Å². The molecule has 80 valence electrons. The van der Waals surface area contributed by atoms with Crippen LogP contribution >= 0.6 is 15.9 Å². The van der Waals surface area contributed by atoms with E-state index in [1.54, 1.807) is 0 Å². The van der Waals surface area contributed by atoms with Gasteiger partial charge in [0.05, 0.1) is 0 Å². The summed E-state index contributed by atoms with van der Waals surface area (Å²) in [6, 6.07) is 6.17. The Morgan fingerprint density at radius 2 is 2.27 bits per heavy atom. The first-order valence-corrected chi connectivity index (χ1v) is 6.40. The third-order valence-electron chi connectivity index (χ3n) is 2.74. The first kappa shape index (κ1) is 10.7. The molecule has 1 amide bonds. The van der Waals surface area contributed by atoms with Crippen LogP contribution in [0.5, 0.6) is 0 Å². The highest BCUT2D eigenvalue weighted by atomic mass is 79.9. The van der Waals surface area contributed by atoms with Crippen molar-refractivity contribution in [2.75, 3.05) is 10.6 Å². The Kier molecular flexibility index (Phi) is 3.41. The molecular weight excluding hydrogens is 254 g/mol. The summed E-state index contributed by atoms with van der Waals surface area (Å²) in [5.41, 5.74) is 3.74. The lowest BCUT2D eigenvalue weighted by Gasteiger charge is -2.09. The van der Waals surface area contributed by atoms with E-state index in [0.29, 0.717) is 11.8 Å². The van der Waals surface area contributed by atoms with Crippen LogP contribution in [0.25, 0.3) is 0 Å². The normalized spacial score (nSPS) is 13.7. The standard InChI is InChI=1S/C12H14BrNO/c13-8-7-12(15)14-11-6-2-4-9-3-1-5-10(9)11/h2,4,6H,1,3,5,7-8H2,(H,14,15). The first-order chi connectivity index (χ1) is 7.31. The highest BCUT2D eigenvalue weighted by Crippen LogP contribution is 2.28. The predicted octanol–water partition coefficient (Wildman–Crippen LogP) is 2.90. The lowest BCUT2D eigenvalue weighted by molar-refractivity contribution is -0.115. The van der Waals surface area contributed by atoms with Gasteiger partial charge in [-0.1, -0.05) is 28.1 Å². The highest BCUT2D eigenvalue weighted by molar-refractivity contribution is 9.09. The Bertz CT molecular complexity index is 376. The second-order valence-corrected chi connectivity index (χ2v) is 4.58. The van der Waals surface area contributed by atoms with Gasteiger partial charge in [0, 0.05) is 17.4 Å². The minimum Gasteiger partial charge on any atom is -0.326 e. The molecule has 0 aromatic heterocycles. The number of fused-ring (bicyclic) bond motifs is 1. The Labute approximate surface area is 98.2 Å². The van der Waals surface area contributed by atoms with Gasteiger partial charge in [-0.3, -0.25) is 4.79 Å². The van der Waals surface area contributed by atoms with Crippen LogP contribution in [0.4, 0.5) is 5.69 Å². The summed E-state index contributed by atoms with van der Waals surface area (Å²) in [4.78, 5) is 11.5. The van der Waals surface area contributed by atoms with Crippen molar-refractivity contribution in [1.29, 1.82) is 0 Å². The molecular formula is C12H14BrNO. The van der Waals surface area contributed by atoms with Crippen LogP contribution in [0.3, 0.4) is 0 Å². The van der Waals surface area contributed by atoms with E-state index >= 15 is 0 Å². The number of anilines is 1. The topological polar surface area (TPSA) is 29.1 Å². The number of halogens is 1. The van der Waals surface area contributed by atoms with E-state index in [1.165, 1.54) is 17.5 Å². The van der Waals surface area contributed by atoms with E-state index in [1.807, 2.05) is 12.1 Å². The number of amides is 1. The molecule has 2 rings (SSSR count). The Hall–Kier alpha value is -0.830. The van der Waals surface area contributed by atoms with Crippen molar-refractivity contribution in [1.82, 2.24) is 0 Å². The van der Waals surface area contributed by atoms with Gasteiger partial charge in [-0.15, -0.1) is 0 Å². The van der Waals surface area contributed by atoms with Crippen LogP contribution in [0.15, 0.2) is 18.2 Å². The van der Waals surface area contributed by atoms with E-state index in [-0.39, 0.29) is 5.91 Å². The van der Waals surface area contributed by atoms with Crippen LogP contribution in [0, 0.1) is 0 Å². The average Bonchev–Trinajstić information content (AvgIpc) is 2.67. The fourth-order valence-corrected chi connectivity index (χ4v) is 2.40. The van der Waals surface area contributed by atoms with E-state index in [9.17, 15) is 4.79 Å². The van der Waals surface area contributed by atoms with Crippen molar-refractivity contribution in [3.05, 3.63) is 29.3 Å². The van der Waals surface area contributed by atoms with Gasteiger partial charge in [0.2, 0.25) is 5.91 Å². The van der Waals surface area contributed by atoms with Gasteiger partial charge in [-0.25, -0.2) is 0 Å². The lowest BCUT2D eigenvalue weighted by atomic mass is 10.1.